The lowest BCUT2D eigenvalue weighted by Crippen LogP contribution is -2.47. The van der Waals surface area contributed by atoms with Gasteiger partial charge < -0.3 is 30.3 Å². The molecule has 7 heteroatoms. The van der Waals surface area contributed by atoms with Gasteiger partial charge >= 0.3 is 5.97 Å². The fourth-order valence-corrected chi connectivity index (χ4v) is 2.50. The molecule has 0 radical (unpaired) electrons. The molecule has 0 aromatic heterocycles. The van der Waals surface area contributed by atoms with Crippen LogP contribution in [0, 0.1) is 5.92 Å². The van der Waals surface area contributed by atoms with Crippen molar-refractivity contribution in [2.45, 2.75) is 57.5 Å². The minimum Gasteiger partial charge on any atom is -0.462 e. The Morgan fingerprint density at radius 3 is 2.00 bits per heavy atom. The summed E-state index contributed by atoms with van der Waals surface area (Å²) in [6.07, 6.45) is -5.74. The molecule has 0 aliphatic rings. The van der Waals surface area contributed by atoms with Crippen molar-refractivity contribution in [2.75, 3.05) is 13.2 Å². The number of rotatable bonds is 10. The molecule has 0 amide bonds. The van der Waals surface area contributed by atoms with Crippen LogP contribution in [0.5, 0.6) is 0 Å². The Balaban J connectivity index is 2.56. The SMILES string of the molecule is CC(C)Cc1ccc(C(C)C(=O)OC[C@@H](O)[C@@H](O)[C@H](O)[C@@H](O)CO)cc1. The monoisotopic (exact) mass is 370 g/mol. The summed E-state index contributed by atoms with van der Waals surface area (Å²) >= 11 is 0. The molecule has 0 heterocycles. The van der Waals surface area contributed by atoms with Gasteiger partial charge in [-0.25, -0.2) is 0 Å². The molecule has 1 unspecified atom stereocenters. The molecule has 0 aliphatic carbocycles. The van der Waals surface area contributed by atoms with Crippen molar-refractivity contribution in [1.82, 2.24) is 0 Å². The Morgan fingerprint density at radius 2 is 1.50 bits per heavy atom. The molecule has 0 saturated carbocycles. The van der Waals surface area contributed by atoms with Crippen LogP contribution in [0.4, 0.5) is 0 Å². The van der Waals surface area contributed by atoms with Gasteiger partial charge in [-0.3, -0.25) is 4.79 Å². The first-order valence-electron chi connectivity index (χ1n) is 8.76. The third kappa shape index (κ3) is 6.66. The van der Waals surface area contributed by atoms with Gasteiger partial charge in [0.1, 0.15) is 31.0 Å². The van der Waals surface area contributed by atoms with E-state index in [1.807, 2.05) is 24.3 Å². The summed E-state index contributed by atoms with van der Waals surface area (Å²) in [7, 11) is 0. The first-order chi connectivity index (χ1) is 12.2. The summed E-state index contributed by atoms with van der Waals surface area (Å²) in [5, 5.41) is 47.0. The maximum Gasteiger partial charge on any atom is 0.313 e. The molecule has 0 aliphatic heterocycles. The van der Waals surface area contributed by atoms with E-state index in [0.717, 1.165) is 12.0 Å². The topological polar surface area (TPSA) is 127 Å². The van der Waals surface area contributed by atoms with Crippen LogP contribution in [0.25, 0.3) is 0 Å². The quantitative estimate of drug-likeness (QED) is 0.366. The van der Waals surface area contributed by atoms with E-state index < -0.39 is 49.5 Å². The number of ether oxygens (including phenoxy) is 1. The molecule has 26 heavy (non-hydrogen) atoms. The van der Waals surface area contributed by atoms with Gasteiger partial charge in [-0.2, -0.15) is 0 Å². The van der Waals surface area contributed by atoms with Crippen LogP contribution in [-0.4, -0.2) is 69.1 Å². The summed E-state index contributed by atoms with van der Waals surface area (Å²) in [6, 6.07) is 7.64. The number of carbonyl (C=O) groups excluding carboxylic acids is 1. The zero-order valence-electron chi connectivity index (χ0n) is 15.4. The standard InChI is InChI=1S/C19H30O7/c1-11(2)8-13-4-6-14(7-5-13)12(3)19(25)26-10-16(22)18(24)17(23)15(21)9-20/h4-7,11-12,15-18,20-24H,8-10H2,1-3H3/t12?,15-,16+,17+,18+/m0/s1. The highest BCUT2D eigenvalue weighted by molar-refractivity contribution is 5.77. The van der Waals surface area contributed by atoms with Crippen molar-refractivity contribution < 1.29 is 35.1 Å². The average molecular weight is 370 g/mol. The van der Waals surface area contributed by atoms with E-state index in [4.69, 9.17) is 9.84 Å². The van der Waals surface area contributed by atoms with E-state index in [1.165, 1.54) is 5.56 Å². The lowest BCUT2D eigenvalue weighted by molar-refractivity contribution is -0.157. The lowest BCUT2D eigenvalue weighted by Gasteiger charge is -2.25. The van der Waals surface area contributed by atoms with Crippen LogP contribution in [0.3, 0.4) is 0 Å². The fraction of sp³-hybridized carbons (Fsp3) is 0.632. The molecule has 0 fully saturated rings. The van der Waals surface area contributed by atoms with E-state index in [1.54, 1.807) is 6.92 Å². The van der Waals surface area contributed by atoms with Crippen molar-refractivity contribution in [1.29, 1.82) is 0 Å². The second-order valence-electron chi connectivity index (χ2n) is 6.99. The summed E-state index contributed by atoms with van der Waals surface area (Å²) in [5.74, 6) is -0.596. The molecule has 7 nitrogen and oxygen atoms in total. The van der Waals surface area contributed by atoms with E-state index >= 15 is 0 Å². The van der Waals surface area contributed by atoms with Crippen LogP contribution in [0.2, 0.25) is 0 Å². The van der Waals surface area contributed by atoms with Crippen molar-refractivity contribution in [3.63, 3.8) is 0 Å². The summed E-state index contributed by atoms with van der Waals surface area (Å²) in [6.45, 7) is 4.63. The molecule has 1 aromatic carbocycles. The molecule has 1 aromatic rings. The highest BCUT2D eigenvalue weighted by atomic mass is 16.5. The Bertz CT molecular complexity index is 543. The van der Waals surface area contributed by atoms with Gasteiger partial charge in [-0.15, -0.1) is 0 Å². The van der Waals surface area contributed by atoms with E-state index in [2.05, 4.69) is 13.8 Å². The molecule has 1 rings (SSSR count). The molecule has 0 bridgehead atoms. The molecule has 5 N–H and O–H groups in total. The Hall–Kier alpha value is -1.51. The average Bonchev–Trinajstić information content (AvgIpc) is 2.63. The molecule has 5 atom stereocenters. The van der Waals surface area contributed by atoms with Gasteiger partial charge in [0.15, 0.2) is 0 Å². The van der Waals surface area contributed by atoms with Crippen molar-refractivity contribution in [2.24, 2.45) is 5.92 Å². The van der Waals surface area contributed by atoms with Gasteiger partial charge in [0.25, 0.3) is 0 Å². The smallest absolute Gasteiger partial charge is 0.313 e. The van der Waals surface area contributed by atoms with Crippen LogP contribution in [0.15, 0.2) is 24.3 Å². The maximum absolute atomic E-state index is 12.1. The largest absolute Gasteiger partial charge is 0.462 e. The van der Waals surface area contributed by atoms with Gasteiger partial charge in [-0.1, -0.05) is 38.1 Å². The van der Waals surface area contributed by atoms with E-state index in [9.17, 15) is 25.2 Å². The number of esters is 1. The van der Waals surface area contributed by atoms with Gasteiger partial charge in [0.05, 0.1) is 12.5 Å². The molecular formula is C19H30O7. The third-order valence-electron chi connectivity index (χ3n) is 4.20. The Morgan fingerprint density at radius 1 is 0.962 bits per heavy atom. The Kier molecular flexibility index (Phi) is 9.18. The van der Waals surface area contributed by atoms with Crippen LogP contribution in [-0.2, 0) is 16.0 Å². The predicted octanol–water partition coefficient (Wildman–Crippen LogP) is -0.0323. The highest BCUT2D eigenvalue weighted by Crippen LogP contribution is 2.19. The van der Waals surface area contributed by atoms with Crippen molar-refractivity contribution >= 4 is 5.97 Å². The predicted molar refractivity (Wildman–Crippen MR) is 95.5 cm³/mol. The number of benzene rings is 1. The van der Waals surface area contributed by atoms with Gasteiger partial charge in [-0.05, 0) is 30.4 Å². The molecular weight excluding hydrogens is 340 g/mol. The zero-order valence-corrected chi connectivity index (χ0v) is 15.4. The third-order valence-corrected chi connectivity index (χ3v) is 4.20. The van der Waals surface area contributed by atoms with Crippen LogP contribution in [0.1, 0.15) is 37.8 Å². The maximum atomic E-state index is 12.1. The lowest BCUT2D eigenvalue weighted by atomic mass is 9.97. The normalized spacial score (nSPS) is 17.4. The number of hydrogen-bond donors (Lipinski definition) is 5. The summed E-state index contributed by atoms with van der Waals surface area (Å²) in [5.41, 5.74) is 1.95. The first kappa shape index (κ1) is 22.5. The second-order valence-corrected chi connectivity index (χ2v) is 6.99. The van der Waals surface area contributed by atoms with E-state index in [-0.39, 0.29) is 0 Å². The van der Waals surface area contributed by atoms with Crippen LogP contribution < -0.4 is 0 Å². The van der Waals surface area contributed by atoms with Crippen molar-refractivity contribution in [3.8, 4) is 0 Å². The van der Waals surface area contributed by atoms with E-state index in [0.29, 0.717) is 5.92 Å². The van der Waals surface area contributed by atoms with Crippen LogP contribution >= 0.6 is 0 Å². The minimum atomic E-state index is -1.75. The summed E-state index contributed by atoms with van der Waals surface area (Å²) in [4.78, 5) is 12.1. The summed E-state index contributed by atoms with van der Waals surface area (Å²) < 4.78 is 5.00. The number of hydrogen-bond acceptors (Lipinski definition) is 7. The number of aliphatic hydroxyl groups excluding tert-OH is 5. The zero-order chi connectivity index (χ0) is 19.9. The number of aliphatic hydroxyl groups is 5. The highest BCUT2D eigenvalue weighted by Gasteiger charge is 2.31. The fourth-order valence-electron chi connectivity index (χ4n) is 2.50. The Labute approximate surface area is 153 Å². The molecule has 0 saturated heterocycles. The first-order valence-corrected chi connectivity index (χ1v) is 8.76. The van der Waals surface area contributed by atoms with Crippen molar-refractivity contribution in [3.05, 3.63) is 35.4 Å². The molecule has 0 spiro atoms. The van der Waals surface area contributed by atoms with Gasteiger partial charge in [0.2, 0.25) is 0 Å². The minimum absolute atomic E-state index is 0.537. The number of carbonyl (C=O) groups is 1. The molecule has 148 valence electrons. The van der Waals surface area contributed by atoms with Gasteiger partial charge in [0, 0.05) is 0 Å². The second kappa shape index (κ2) is 10.6.